The summed E-state index contributed by atoms with van der Waals surface area (Å²) in [6.07, 6.45) is 6.56. The van der Waals surface area contributed by atoms with Crippen LogP contribution in [0.15, 0.2) is 209 Å². The minimum atomic E-state index is 0.542. The first-order valence-electron chi connectivity index (χ1n) is 20.1. The van der Waals surface area contributed by atoms with E-state index in [0.717, 1.165) is 64.6 Å². The van der Waals surface area contributed by atoms with Crippen molar-refractivity contribution >= 4 is 58.3 Å². The summed E-state index contributed by atoms with van der Waals surface area (Å²) < 4.78 is 2.32. The van der Waals surface area contributed by atoms with Gasteiger partial charge in [-0.2, -0.15) is 0 Å². The lowest BCUT2D eigenvalue weighted by atomic mass is 9.93. The summed E-state index contributed by atoms with van der Waals surface area (Å²) in [7, 11) is 0. The Morgan fingerprint density at radius 1 is 0.678 bits per heavy atom. The van der Waals surface area contributed by atoms with Crippen LogP contribution in [0.25, 0.3) is 44.2 Å². The Morgan fingerprint density at radius 3 is 2.14 bits per heavy atom. The molecule has 2 aliphatic rings. The number of aromatic nitrogens is 2. The summed E-state index contributed by atoms with van der Waals surface area (Å²) in [6.45, 7) is 10.6. The molecule has 59 heavy (non-hydrogen) atoms. The highest BCUT2D eigenvalue weighted by atomic mass is 15.3. The lowest BCUT2D eigenvalue weighted by Gasteiger charge is -2.28. The quantitative estimate of drug-likeness (QED) is 0.125. The third-order valence-corrected chi connectivity index (χ3v) is 10.4. The average molecular weight is 767 g/mol. The highest BCUT2D eigenvalue weighted by Gasteiger charge is 2.31. The van der Waals surface area contributed by atoms with Crippen molar-refractivity contribution in [3.8, 4) is 16.8 Å². The molecule has 0 bridgehead atoms. The number of anilines is 2. The number of rotatable bonds is 6. The Morgan fingerprint density at radius 2 is 1.37 bits per heavy atom. The standard InChI is InChI=1S/C37H28N4.C10H12N2.C6H6/c1-38-24-25-20-29(28-19-18-26-10-2-3-11-27(26)22-28)23-30(21-25)40-34-15-7-4-12-31(34)32-13-5-8-16-35(32)41-36-17-9-6-14-33(36)39-37(40)41;1-3-12-10(11-2)9-7-5-4-6-8-9;1-2-4-6-5-3-1/h2-3,5-11,13-23H,1,4,12,24H2;4-8H,2-3H2,1H3;1-6H. The molecule has 0 N–H and O–H groups in total. The fourth-order valence-electron chi connectivity index (χ4n) is 7.73. The molecular formula is C53H46N6. The zero-order valence-electron chi connectivity index (χ0n) is 33.3. The smallest absolute Gasteiger partial charge is 0.220 e. The van der Waals surface area contributed by atoms with Gasteiger partial charge in [0.05, 0.1) is 34.6 Å². The van der Waals surface area contributed by atoms with Crippen molar-refractivity contribution in [3.05, 3.63) is 210 Å². The third kappa shape index (κ3) is 8.34. The summed E-state index contributed by atoms with van der Waals surface area (Å²) in [4.78, 5) is 19.9. The molecule has 6 nitrogen and oxygen atoms in total. The fourth-order valence-corrected chi connectivity index (χ4v) is 7.73. The Kier molecular flexibility index (Phi) is 11.9. The van der Waals surface area contributed by atoms with Gasteiger partial charge in [0.15, 0.2) is 5.84 Å². The maximum atomic E-state index is 5.27. The summed E-state index contributed by atoms with van der Waals surface area (Å²) in [5.41, 5.74) is 12.6. The molecule has 0 spiro atoms. The second-order valence-corrected chi connectivity index (χ2v) is 14.2. The molecule has 0 atom stereocenters. The second kappa shape index (κ2) is 18.2. The normalized spacial score (nSPS) is 12.9. The lowest BCUT2D eigenvalue weighted by molar-refractivity contribution is 0.997. The van der Waals surface area contributed by atoms with Crippen LogP contribution in [0.3, 0.4) is 0 Å². The van der Waals surface area contributed by atoms with Gasteiger partial charge in [-0.1, -0.05) is 140 Å². The maximum Gasteiger partial charge on any atom is 0.220 e. The largest absolute Gasteiger partial charge is 0.296 e. The van der Waals surface area contributed by atoms with Crippen LogP contribution in [-0.4, -0.2) is 35.4 Å². The van der Waals surface area contributed by atoms with Crippen LogP contribution < -0.4 is 4.90 Å². The second-order valence-electron chi connectivity index (χ2n) is 14.2. The van der Waals surface area contributed by atoms with Crippen LogP contribution in [0.4, 0.5) is 11.6 Å². The molecule has 1 aromatic heterocycles. The van der Waals surface area contributed by atoms with Crippen molar-refractivity contribution in [2.24, 2.45) is 15.0 Å². The molecule has 1 aliphatic heterocycles. The van der Waals surface area contributed by atoms with E-state index >= 15 is 0 Å². The van der Waals surface area contributed by atoms with Crippen LogP contribution in [0.2, 0.25) is 0 Å². The van der Waals surface area contributed by atoms with Crippen molar-refractivity contribution < 1.29 is 0 Å². The summed E-state index contributed by atoms with van der Waals surface area (Å²) in [5, 5.41) is 2.47. The summed E-state index contributed by atoms with van der Waals surface area (Å²) in [6, 6.07) is 61.0. The highest BCUT2D eigenvalue weighted by Crippen LogP contribution is 2.46. The van der Waals surface area contributed by atoms with Gasteiger partial charge in [-0.3, -0.25) is 19.5 Å². The predicted molar refractivity (Wildman–Crippen MR) is 251 cm³/mol. The SMILES string of the molecule is C=NC(=NCC)c1ccccc1.C=NCc1cc(-c2ccc3ccccc3c2)cc(N2C3=C(CCC=C3)c3ccccc3-n3c2nc2ccccc23)c1.c1ccccc1. The van der Waals surface area contributed by atoms with E-state index in [1.807, 2.05) is 73.7 Å². The van der Waals surface area contributed by atoms with Crippen molar-refractivity contribution in [3.63, 3.8) is 0 Å². The van der Waals surface area contributed by atoms with E-state index in [4.69, 9.17) is 4.98 Å². The minimum Gasteiger partial charge on any atom is -0.296 e. The zero-order valence-corrected chi connectivity index (χ0v) is 33.3. The first-order valence-corrected chi connectivity index (χ1v) is 20.1. The number of benzene rings is 7. The maximum absolute atomic E-state index is 5.27. The highest BCUT2D eigenvalue weighted by molar-refractivity contribution is 6.01. The number of aliphatic imine (C=N–C) groups is 3. The molecule has 7 aromatic carbocycles. The zero-order chi connectivity index (χ0) is 40.4. The van der Waals surface area contributed by atoms with Gasteiger partial charge in [0.25, 0.3) is 0 Å². The molecule has 0 amide bonds. The molecule has 2 heterocycles. The van der Waals surface area contributed by atoms with E-state index in [2.05, 4.69) is 159 Å². The van der Waals surface area contributed by atoms with E-state index in [9.17, 15) is 0 Å². The molecule has 0 radical (unpaired) electrons. The van der Waals surface area contributed by atoms with Crippen LogP contribution in [-0.2, 0) is 6.54 Å². The van der Waals surface area contributed by atoms with Crippen LogP contribution >= 0.6 is 0 Å². The monoisotopic (exact) mass is 766 g/mol. The molecule has 0 saturated heterocycles. The number of nitrogens with zero attached hydrogens (tertiary/aromatic N) is 6. The van der Waals surface area contributed by atoms with Crippen LogP contribution in [0, 0.1) is 0 Å². The number of hydrogen-bond donors (Lipinski definition) is 0. The lowest BCUT2D eigenvalue weighted by Crippen LogP contribution is -2.20. The van der Waals surface area contributed by atoms with Crippen LogP contribution in [0.5, 0.6) is 0 Å². The van der Waals surface area contributed by atoms with Gasteiger partial charge in [-0.05, 0) is 115 Å². The topological polar surface area (TPSA) is 58.1 Å². The van der Waals surface area contributed by atoms with Crippen molar-refractivity contribution in [1.29, 1.82) is 0 Å². The molecule has 0 fully saturated rings. The van der Waals surface area contributed by atoms with Gasteiger partial charge in [0.2, 0.25) is 5.95 Å². The summed E-state index contributed by atoms with van der Waals surface area (Å²) >= 11 is 0. The molecule has 0 unspecified atom stereocenters. The Hall–Kier alpha value is -7.44. The molecule has 0 saturated carbocycles. The van der Waals surface area contributed by atoms with Crippen molar-refractivity contribution in [2.45, 2.75) is 26.3 Å². The Bertz CT molecular complexity index is 2800. The van der Waals surface area contributed by atoms with E-state index in [-0.39, 0.29) is 0 Å². The molecule has 8 aromatic rings. The number of imidazole rings is 1. The van der Waals surface area contributed by atoms with Crippen LogP contribution in [0.1, 0.15) is 36.5 Å². The Labute approximate surface area is 346 Å². The number of allylic oxidation sites excluding steroid dienone is 3. The number of hydrogen-bond acceptors (Lipinski definition) is 4. The molecule has 10 rings (SSSR count). The predicted octanol–water partition coefficient (Wildman–Crippen LogP) is 13.1. The van der Waals surface area contributed by atoms with E-state index in [0.29, 0.717) is 6.54 Å². The average Bonchev–Trinajstić information content (AvgIpc) is 3.63. The molecule has 288 valence electrons. The van der Waals surface area contributed by atoms with Gasteiger partial charge >= 0.3 is 0 Å². The van der Waals surface area contributed by atoms with Gasteiger partial charge in [0.1, 0.15) is 0 Å². The number of amidine groups is 1. The molecular weight excluding hydrogens is 721 g/mol. The molecule has 6 heteroatoms. The van der Waals surface area contributed by atoms with E-state index < -0.39 is 0 Å². The van der Waals surface area contributed by atoms with Crippen molar-refractivity contribution in [1.82, 2.24) is 9.55 Å². The van der Waals surface area contributed by atoms with E-state index in [1.165, 1.54) is 38.9 Å². The van der Waals surface area contributed by atoms with Crippen molar-refractivity contribution in [2.75, 3.05) is 11.4 Å². The Balaban J connectivity index is 0.000000223. The van der Waals surface area contributed by atoms with Gasteiger partial charge in [-0.15, -0.1) is 0 Å². The number of para-hydroxylation sites is 3. The van der Waals surface area contributed by atoms with Gasteiger partial charge in [0, 0.05) is 17.7 Å². The molecule has 1 aliphatic carbocycles. The first kappa shape index (κ1) is 38.4. The van der Waals surface area contributed by atoms with Gasteiger partial charge in [-0.25, -0.2) is 9.98 Å². The van der Waals surface area contributed by atoms with E-state index in [1.54, 1.807) is 0 Å². The summed E-state index contributed by atoms with van der Waals surface area (Å²) in [5.74, 6) is 1.61. The fraction of sp³-hybridized carbons (Fsp3) is 0.0943. The third-order valence-electron chi connectivity index (χ3n) is 10.4. The number of fused-ring (bicyclic) bond motifs is 7. The minimum absolute atomic E-state index is 0.542. The first-order chi connectivity index (χ1) is 29.2. The van der Waals surface area contributed by atoms with Gasteiger partial charge < -0.3 is 0 Å².